The van der Waals surface area contributed by atoms with E-state index in [4.69, 9.17) is 28.7 Å². The fourth-order valence-electron chi connectivity index (χ4n) is 4.50. The molecule has 2 rings (SSSR count). The third-order valence-electron chi connectivity index (χ3n) is 6.96. The molecule has 48 heavy (non-hydrogen) atoms. The van der Waals surface area contributed by atoms with Gasteiger partial charge in [-0.05, 0) is 19.4 Å². The number of nitrogens with two attached hydrogens (primary N) is 5. The lowest BCUT2D eigenvalue weighted by molar-refractivity contribution is -0.135. The molecule has 1 unspecified atom stereocenters. The van der Waals surface area contributed by atoms with Crippen molar-refractivity contribution in [2.45, 2.75) is 68.2 Å². The van der Waals surface area contributed by atoms with Crippen molar-refractivity contribution in [1.82, 2.24) is 42.5 Å². The van der Waals surface area contributed by atoms with E-state index in [2.05, 4.69) is 42.2 Å². The van der Waals surface area contributed by atoms with Crippen molar-refractivity contribution < 1.29 is 43.8 Å². The van der Waals surface area contributed by atoms with Crippen LogP contribution >= 0.6 is 0 Å². The highest BCUT2D eigenvalue weighted by molar-refractivity contribution is 6.02. The lowest BCUT2D eigenvalue weighted by Crippen LogP contribution is -2.65. The molecule has 2 heterocycles. The highest BCUT2D eigenvalue weighted by atomic mass is 16.3. The van der Waals surface area contributed by atoms with Gasteiger partial charge in [0.2, 0.25) is 29.5 Å². The van der Waals surface area contributed by atoms with Gasteiger partial charge in [0.15, 0.2) is 12.2 Å². The van der Waals surface area contributed by atoms with E-state index in [1.54, 1.807) is 0 Å². The molecular weight excluding hydrogens is 640 g/mol. The van der Waals surface area contributed by atoms with E-state index in [1.807, 2.05) is 5.32 Å². The van der Waals surface area contributed by atoms with Crippen molar-refractivity contribution in [2.75, 3.05) is 26.2 Å². The van der Waals surface area contributed by atoms with Gasteiger partial charge in [-0.15, -0.1) is 0 Å². The van der Waals surface area contributed by atoms with Crippen molar-refractivity contribution in [1.29, 1.82) is 0 Å². The monoisotopic (exact) mass is 684 g/mol. The van der Waals surface area contributed by atoms with Gasteiger partial charge in [0.05, 0.1) is 12.6 Å². The predicted molar refractivity (Wildman–Crippen MR) is 166 cm³/mol. The van der Waals surface area contributed by atoms with Crippen molar-refractivity contribution in [3.05, 3.63) is 11.9 Å². The molecule has 0 radical (unpaired) electrons. The first-order valence-corrected chi connectivity index (χ1v) is 14.8. The van der Waals surface area contributed by atoms with Gasteiger partial charge in [0, 0.05) is 38.2 Å². The number of guanidine groups is 1. The fraction of sp³-hybridized carbons (Fsp3) is 0.600. The molecule has 8 amide bonds. The SMILES string of the molecule is NCCC[C@H](N)CC(=O)N[C@H]1CNC(=O)[C@H](C2C[C@@H](O)N=C(N)N2)NC(=O)/C(=C\NC(N)=O)NC(=O)[C@H](CN)NC(=O)[C@H](CO)NC1=O. The number of hydrogen-bond donors (Lipinski definition) is 15. The van der Waals surface area contributed by atoms with Crippen LogP contribution in [0.3, 0.4) is 0 Å². The van der Waals surface area contributed by atoms with Gasteiger partial charge in [0.1, 0.15) is 29.9 Å². The molecule has 0 bridgehead atoms. The summed E-state index contributed by atoms with van der Waals surface area (Å²) in [4.78, 5) is 94.2. The maximum absolute atomic E-state index is 13.6. The van der Waals surface area contributed by atoms with E-state index in [1.165, 1.54) is 0 Å². The summed E-state index contributed by atoms with van der Waals surface area (Å²) in [6.45, 7) is -1.79. The molecule has 20 N–H and O–H groups in total. The highest BCUT2D eigenvalue weighted by Gasteiger charge is 2.37. The van der Waals surface area contributed by atoms with Crippen LogP contribution in [-0.4, -0.2) is 126 Å². The van der Waals surface area contributed by atoms with E-state index in [9.17, 15) is 43.8 Å². The quantitative estimate of drug-likeness (QED) is 0.0950. The number of aliphatic hydroxyl groups excluding tert-OH is 2. The van der Waals surface area contributed by atoms with E-state index in [0.29, 0.717) is 25.6 Å². The third-order valence-corrected chi connectivity index (χ3v) is 6.96. The number of nitrogens with one attached hydrogen (secondary N) is 8. The molecule has 1 saturated heterocycles. The first kappa shape index (κ1) is 39.1. The minimum atomic E-state index is -1.67. The van der Waals surface area contributed by atoms with Crippen molar-refractivity contribution in [3.63, 3.8) is 0 Å². The average Bonchev–Trinajstić information content (AvgIpc) is 3.02. The second kappa shape index (κ2) is 18.9. The topological polar surface area (TPSA) is 399 Å². The standard InChI is InChI=1S/C25H44N14O9/c26-3-1-2-10(28)4-16(41)33-13-7-31-23(47)18(11-5-17(42)38-24(29)37-11)39-21(45)14(8-32-25(30)48)35-19(43)12(6-27)34-22(46)15(9-40)36-20(13)44/h8,10-13,15,17-18,40,42H,1-7,9,26-28H2,(H,31,47)(H,33,41)(H,34,46)(H,35,43)(H,36,44)(H,39,45)(H3,29,37,38)(H3,30,32,48)/b14-8+/t10-,11?,12-,13-,15-,17+,18-/m0/s1. The van der Waals surface area contributed by atoms with Crippen molar-refractivity contribution in [2.24, 2.45) is 33.7 Å². The first-order chi connectivity index (χ1) is 22.7. The number of amides is 8. The van der Waals surface area contributed by atoms with Gasteiger partial charge in [0.25, 0.3) is 5.91 Å². The Balaban J connectivity index is 2.54. The fourth-order valence-corrected chi connectivity index (χ4v) is 4.50. The van der Waals surface area contributed by atoms with Crippen molar-refractivity contribution in [3.8, 4) is 0 Å². The van der Waals surface area contributed by atoms with Gasteiger partial charge in [-0.2, -0.15) is 0 Å². The molecule has 0 saturated carbocycles. The Labute approximate surface area is 274 Å². The molecule has 268 valence electrons. The van der Waals surface area contributed by atoms with E-state index in [0.717, 1.165) is 0 Å². The Bertz CT molecular complexity index is 1280. The Morgan fingerprint density at radius 1 is 1.00 bits per heavy atom. The molecule has 0 aliphatic carbocycles. The first-order valence-electron chi connectivity index (χ1n) is 14.8. The second-order valence-electron chi connectivity index (χ2n) is 10.8. The molecule has 23 nitrogen and oxygen atoms in total. The molecule has 0 aromatic heterocycles. The van der Waals surface area contributed by atoms with E-state index >= 15 is 0 Å². The lowest BCUT2D eigenvalue weighted by atomic mass is 10.0. The zero-order chi connectivity index (χ0) is 36.0. The number of nitrogens with zero attached hydrogens (tertiary/aromatic N) is 1. The normalized spacial score (nSPS) is 27.6. The third kappa shape index (κ3) is 12.3. The number of rotatable bonds is 10. The van der Waals surface area contributed by atoms with Gasteiger partial charge < -0.3 is 81.4 Å². The number of carbonyl (C=O) groups is 7. The van der Waals surface area contributed by atoms with Crippen LogP contribution in [0.25, 0.3) is 0 Å². The molecule has 2 aliphatic heterocycles. The van der Waals surface area contributed by atoms with Crippen LogP contribution in [0, 0.1) is 0 Å². The number of aliphatic imine (C=N–C) groups is 1. The largest absolute Gasteiger partial charge is 0.394 e. The molecule has 0 aromatic carbocycles. The molecule has 1 fully saturated rings. The molecule has 7 atom stereocenters. The summed E-state index contributed by atoms with van der Waals surface area (Å²) in [6, 6.07) is -9.28. The minimum Gasteiger partial charge on any atom is -0.394 e. The summed E-state index contributed by atoms with van der Waals surface area (Å²) in [5.74, 6) is -6.32. The average molecular weight is 685 g/mol. The molecule has 0 spiro atoms. The highest BCUT2D eigenvalue weighted by Crippen LogP contribution is 2.11. The van der Waals surface area contributed by atoms with Crippen LogP contribution in [0.4, 0.5) is 4.79 Å². The Hall–Kier alpha value is -5.10. The number of urea groups is 1. The Morgan fingerprint density at radius 3 is 2.29 bits per heavy atom. The summed E-state index contributed by atoms with van der Waals surface area (Å²) in [6.07, 6.45) is -0.235. The number of hydrogen-bond acceptors (Lipinski definition) is 15. The van der Waals surface area contributed by atoms with Crippen LogP contribution in [0.5, 0.6) is 0 Å². The number of aliphatic hydroxyl groups is 2. The van der Waals surface area contributed by atoms with E-state index in [-0.39, 0.29) is 18.8 Å². The van der Waals surface area contributed by atoms with Crippen LogP contribution in [-0.2, 0) is 28.8 Å². The smallest absolute Gasteiger partial charge is 0.316 e. The van der Waals surface area contributed by atoms with Gasteiger partial charge in [-0.25, -0.2) is 9.79 Å². The van der Waals surface area contributed by atoms with Gasteiger partial charge in [-0.3, -0.25) is 28.8 Å². The molecule has 0 aromatic rings. The molecule has 2 aliphatic rings. The van der Waals surface area contributed by atoms with Crippen molar-refractivity contribution >= 4 is 47.4 Å². The number of primary amides is 1. The Kier molecular flexibility index (Phi) is 15.4. The summed E-state index contributed by atoms with van der Waals surface area (Å²) >= 11 is 0. The number of carbonyl (C=O) groups excluding carboxylic acids is 7. The minimum absolute atomic E-state index is 0.232. The summed E-state index contributed by atoms with van der Waals surface area (Å²) in [7, 11) is 0. The zero-order valence-corrected chi connectivity index (χ0v) is 25.9. The molecule has 23 heteroatoms. The van der Waals surface area contributed by atoms with Gasteiger partial charge in [-0.1, -0.05) is 0 Å². The van der Waals surface area contributed by atoms with Crippen LogP contribution in [0.2, 0.25) is 0 Å². The maximum atomic E-state index is 13.6. The summed E-state index contributed by atoms with van der Waals surface area (Å²) in [5.41, 5.74) is 27.3. The zero-order valence-electron chi connectivity index (χ0n) is 25.9. The van der Waals surface area contributed by atoms with Crippen LogP contribution in [0.1, 0.15) is 25.7 Å². The predicted octanol–water partition coefficient (Wildman–Crippen LogP) is -8.92. The summed E-state index contributed by atoms with van der Waals surface area (Å²) < 4.78 is 0. The van der Waals surface area contributed by atoms with E-state index < -0.39 is 109 Å². The Morgan fingerprint density at radius 2 is 1.69 bits per heavy atom. The molecular formula is C25H44N14O9. The summed E-state index contributed by atoms with van der Waals surface area (Å²) in [5, 5.41) is 38.5. The second-order valence-corrected chi connectivity index (χ2v) is 10.8. The van der Waals surface area contributed by atoms with Crippen LogP contribution in [0.15, 0.2) is 16.9 Å². The van der Waals surface area contributed by atoms with Crippen LogP contribution < -0.4 is 71.2 Å². The maximum Gasteiger partial charge on any atom is 0.316 e. The van der Waals surface area contributed by atoms with Gasteiger partial charge >= 0.3 is 6.03 Å². The lowest BCUT2D eigenvalue weighted by Gasteiger charge is -2.33.